The monoisotopic (exact) mass is 451 g/mol. The van der Waals surface area contributed by atoms with E-state index in [0.717, 1.165) is 40.3 Å². The third kappa shape index (κ3) is 6.03. The van der Waals surface area contributed by atoms with E-state index in [2.05, 4.69) is 22.6 Å². The van der Waals surface area contributed by atoms with Gasteiger partial charge in [-0.2, -0.15) is 0 Å². The van der Waals surface area contributed by atoms with E-state index < -0.39 is 5.60 Å². The van der Waals surface area contributed by atoms with Gasteiger partial charge in [0.05, 0.1) is 11.6 Å². The summed E-state index contributed by atoms with van der Waals surface area (Å²) in [5, 5.41) is 0.739. The van der Waals surface area contributed by atoms with Crippen LogP contribution in [0.3, 0.4) is 0 Å². The molecule has 1 fully saturated rings. The summed E-state index contributed by atoms with van der Waals surface area (Å²) in [5.74, 6) is 1.30. The molecular weight excluding hydrogens is 429 g/mol. The van der Waals surface area contributed by atoms with Gasteiger partial charge in [0.25, 0.3) is 0 Å². The zero-order valence-corrected chi connectivity index (χ0v) is 16.7. The van der Waals surface area contributed by atoms with Gasteiger partial charge in [0.1, 0.15) is 11.4 Å². The number of carbonyl (C=O) groups excluding carboxylic acids is 1. The fraction of sp³-hybridized carbons (Fsp3) is 0.588. The van der Waals surface area contributed by atoms with Gasteiger partial charge in [-0.25, -0.2) is 4.79 Å². The highest BCUT2D eigenvalue weighted by Gasteiger charge is 2.27. The molecule has 1 heterocycles. The number of nitrogens with zero attached hydrogens (tertiary/aromatic N) is 1. The van der Waals surface area contributed by atoms with Crippen molar-refractivity contribution in [1.29, 1.82) is 0 Å². The molecule has 0 aliphatic carbocycles. The predicted octanol–water partition coefficient (Wildman–Crippen LogP) is 4.97. The van der Waals surface area contributed by atoms with Crippen molar-refractivity contribution in [2.75, 3.05) is 19.7 Å². The highest BCUT2D eigenvalue weighted by atomic mass is 127. The minimum Gasteiger partial charge on any atom is -0.493 e. The minimum atomic E-state index is -0.442. The minimum absolute atomic E-state index is 0.218. The zero-order chi connectivity index (χ0) is 17.0. The molecule has 1 aliphatic rings. The lowest BCUT2D eigenvalue weighted by atomic mass is 9.98. The van der Waals surface area contributed by atoms with Crippen molar-refractivity contribution < 1.29 is 14.3 Å². The maximum absolute atomic E-state index is 12.0. The first kappa shape index (κ1) is 18.6. The lowest BCUT2D eigenvalue weighted by Gasteiger charge is -2.33. The van der Waals surface area contributed by atoms with Gasteiger partial charge < -0.3 is 14.4 Å². The first-order chi connectivity index (χ1) is 10.7. The number of benzene rings is 1. The quantitative estimate of drug-likeness (QED) is 0.609. The molecule has 1 aliphatic heterocycles. The summed E-state index contributed by atoms with van der Waals surface area (Å²) in [7, 11) is 0. The fourth-order valence-corrected chi connectivity index (χ4v) is 2.99. The Labute approximate surface area is 156 Å². The van der Waals surface area contributed by atoms with Gasteiger partial charge in [-0.05, 0) is 80.3 Å². The maximum Gasteiger partial charge on any atom is 0.410 e. The van der Waals surface area contributed by atoms with Crippen molar-refractivity contribution in [3.63, 3.8) is 0 Å². The van der Waals surface area contributed by atoms with Crippen molar-refractivity contribution in [3.8, 4) is 5.75 Å². The van der Waals surface area contributed by atoms with Crippen molar-refractivity contribution >= 4 is 40.3 Å². The molecule has 0 unspecified atom stereocenters. The standard InChI is InChI=1S/C17H23ClINO3/c1-17(2,3)23-16(21)20-8-6-12(7-9-20)11-22-13-4-5-14(18)15(19)10-13/h4-5,10,12H,6-9,11H2,1-3H3. The second-order valence-electron chi connectivity index (χ2n) is 6.80. The molecule has 4 nitrogen and oxygen atoms in total. The van der Waals surface area contributed by atoms with Crippen LogP contribution < -0.4 is 4.74 Å². The molecule has 0 N–H and O–H groups in total. The molecule has 2 rings (SSSR count). The third-order valence-corrected chi connectivity index (χ3v) is 5.18. The van der Waals surface area contributed by atoms with E-state index in [0.29, 0.717) is 12.5 Å². The molecule has 128 valence electrons. The van der Waals surface area contributed by atoms with Crippen molar-refractivity contribution in [1.82, 2.24) is 4.90 Å². The summed E-state index contributed by atoms with van der Waals surface area (Å²) in [4.78, 5) is 13.8. The normalized spacial score (nSPS) is 16.3. The Hall–Kier alpha value is -0.690. The van der Waals surface area contributed by atoms with Crippen molar-refractivity contribution in [3.05, 3.63) is 26.8 Å². The van der Waals surface area contributed by atoms with Crippen LogP contribution >= 0.6 is 34.2 Å². The Bertz CT molecular complexity index is 551. The molecule has 0 atom stereocenters. The van der Waals surface area contributed by atoms with E-state index in [1.807, 2.05) is 39.0 Å². The summed E-state index contributed by atoms with van der Waals surface area (Å²) >= 11 is 8.20. The summed E-state index contributed by atoms with van der Waals surface area (Å²) in [6, 6.07) is 5.68. The van der Waals surface area contributed by atoms with Gasteiger partial charge in [0, 0.05) is 16.7 Å². The second-order valence-corrected chi connectivity index (χ2v) is 8.37. The van der Waals surface area contributed by atoms with Crippen LogP contribution in [0.4, 0.5) is 4.79 Å². The zero-order valence-electron chi connectivity index (χ0n) is 13.8. The summed E-state index contributed by atoms with van der Waals surface area (Å²) in [6.45, 7) is 7.78. The van der Waals surface area contributed by atoms with Gasteiger partial charge in [-0.15, -0.1) is 0 Å². The number of likely N-dealkylation sites (tertiary alicyclic amines) is 1. The first-order valence-electron chi connectivity index (χ1n) is 7.80. The van der Waals surface area contributed by atoms with E-state index in [-0.39, 0.29) is 6.09 Å². The lowest BCUT2D eigenvalue weighted by Crippen LogP contribution is -2.42. The molecule has 0 spiro atoms. The number of hydrogen-bond acceptors (Lipinski definition) is 3. The first-order valence-corrected chi connectivity index (χ1v) is 9.26. The van der Waals surface area contributed by atoms with E-state index >= 15 is 0 Å². The summed E-state index contributed by atoms with van der Waals surface area (Å²) in [6.07, 6.45) is 1.65. The molecule has 1 aromatic carbocycles. The number of carbonyl (C=O) groups is 1. The van der Waals surface area contributed by atoms with Crippen molar-refractivity contribution in [2.24, 2.45) is 5.92 Å². The number of piperidine rings is 1. The predicted molar refractivity (Wildman–Crippen MR) is 100 cm³/mol. The smallest absolute Gasteiger partial charge is 0.410 e. The van der Waals surface area contributed by atoms with Crippen LogP contribution in [0.15, 0.2) is 18.2 Å². The summed E-state index contributed by atoms with van der Waals surface area (Å²) in [5.41, 5.74) is -0.442. The van der Waals surface area contributed by atoms with Gasteiger partial charge in [0.2, 0.25) is 0 Å². The third-order valence-electron chi connectivity index (χ3n) is 3.64. The van der Waals surface area contributed by atoms with E-state index in [9.17, 15) is 4.79 Å². The molecule has 0 radical (unpaired) electrons. The molecule has 1 saturated heterocycles. The SMILES string of the molecule is CC(C)(C)OC(=O)N1CCC(COc2ccc(Cl)c(I)c2)CC1. The van der Waals surface area contributed by atoms with Crippen LogP contribution in [0.1, 0.15) is 33.6 Å². The molecule has 0 aromatic heterocycles. The van der Waals surface area contributed by atoms with Crippen LogP contribution in [0.2, 0.25) is 5.02 Å². The van der Waals surface area contributed by atoms with Gasteiger partial charge >= 0.3 is 6.09 Å². The molecular formula is C17H23ClINO3. The Morgan fingerprint density at radius 1 is 1.35 bits per heavy atom. The fourth-order valence-electron chi connectivity index (χ4n) is 2.39. The molecule has 23 heavy (non-hydrogen) atoms. The Balaban J connectivity index is 1.76. The Morgan fingerprint density at radius 2 is 2.00 bits per heavy atom. The molecule has 1 amide bonds. The molecule has 6 heteroatoms. The number of amides is 1. The van der Waals surface area contributed by atoms with Crippen LogP contribution in [0.5, 0.6) is 5.75 Å². The topological polar surface area (TPSA) is 38.8 Å². The Kier molecular flexibility index (Phi) is 6.42. The summed E-state index contributed by atoms with van der Waals surface area (Å²) < 4.78 is 12.3. The maximum atomic E-state index is 12.0. The largest absolute Gasteiger partial charge is 0.493 e. The number of hydrogen-bond donors (Lipinski definition) is 0. The average molecular weight is 452 g/mol. The molecule has 0 bridgehead atoms. The Morgan fingerprint density at radius 3 is 2.57 bits per heavy atom. The van der Waals surface area contributed by atoms with Crippen LogP contribution in [-0.4, -0.2) is 36.3 Å². The number of halogens is 2. The number of ether oxygens (including phenoxy) is 2. The van der Waals surface area contributed by atoms with Crippen molar-refractivity contribution in [2.45, 2.75) is 39.2 Å². The highest BCUT2D eigenvalue weighted by molar-refractivity contribution is 14.1. The molecule has 0 saturated carbocycles. The van der Waals surface area contributed by atoms with Crippen LogP contribution in [0.25, 0.3) is 0 Å². The van der Waals surface area contributed by atoms with Gasteiger partial charge in [-0.3, -0.25) is 0 Å². The highest BCUT2D eigenvalue weighted by Crippen LogP contribution is 2.25. The van der Waals surface area contributed by atoms with Crippen LogP contribution in [0, 0.1) is 9.49 Å². The second kappa shape index (κ2) is 7.92. The van der Waals surface area contributed by atoms with Gasteiger partial charge in [-0.1, -0.05) is 11.6 Å². The van der Waals surface area contributed by atoms with E-state index in [1.54, 1.807) is 4.90 Å². The number of rotatable bonds is 3. The van der Waals surface area contributed by atoms with Crippen LogP contribution in [-0.2, 0) is 4.74 Å². The average Bonchev–Trinajstić information content (AvgIpc) is 2.47. The van der Waals surface area contributed by atoms with E-state index in [4.69, 9.17) is 21.1 Å². The van der Waals surface area contributed by atoms with Gasteiger partial charge in [0.15, 0.2) is 0 Å². The van der Waals surface area contributed by atoms with E-state index in [1.165, 1.54) is 0 Å². The molecule has 1 aromatic rings. The lowest BCUT2D eigenvalue weighted by molar-refractivity contribution is 0.0165.